The van der Waals surface area contributed by atoms with Crippen molar-refractivity contribution < 1.29 is 14.3 Å². The number of ether oxygens (including phenoxy) is 1. The van der Waals surface area contributed by atoms with E-state index in [1.807, 2.05) is 61.7 Å². The molecule has 0 aliphatic heterocycles. The second kappa shape index (κ2) is 11.0. The van der Waals surface area contributed by atoms with E-state index in [1.54, 1.807) is 27.7 Å². The molecule has 2 amide bonds. The lowest BCUT2D eigenvalue weighted by molar-refractivity contribution is -0.123. The molecular weight excluding hydrogens is 428 g/mol. The van der Waals surface area contributed by atoms with Gasteiger partial charge < -0.3 is 19.9 Å². The molecule has 1 heterocycles. The lowest BCUT2D eigenvalue weighted by Crippen LogP contribution is -2.47. The molecule has 7 nitrogen and oxygen atoms in total. The van der Waals surface area contributed by atoms with Crippen LogP contribution in [-0.2, 0) is 22.5 Å². The molecule has 2 atom stereocenters. The SMILES string of the molecule is Cc1cn(Cc2ccccc2)c([C@H](Cc2ccccc2)NC(=O)[C@H](C)NC(=O)OC(C)(C)C)n1. The number of benzene rings is 2. The van der Waals surface area contributed by atoms with E-state index >= 15 is 0 Å². The normalized spacial score (nSPS) is 13.1. The van der Waals surface area contributed by atoms with Gasteiger partial charge in [-0.1, -0.05) is 60.7 Å². The zero-order valence-electron chi connectivity index (χ0n) is 20.5. The van der Waals surface area contributed by atoms with Gasteiger partial charge in [-0.05, 0) is 52.2 Å². The fourth-order valence-corrected chi connectivity index (χ4v) is 3.65. The highest BCUT2D eigenvalue weighted by Crippen LogP contribution is 2.20. The highest BCUT2D eigenvalue weighted by molar-refractivity contribution is 5.85. The smallest absolute Gasteiger partial charge is 0.408 e. The van der Waals surface area contributed by atoms with Crippen LogP contribution in [0.1, 0.15) is 56.4 Å². The number of rotatable bonds is 8. The molecule has 0 fully saturated rings. The van der Waals surface area contributed by atoms with Crippen LogP contribution in [0, 0.1) is 6.92 Å². The number of aryl methyl sites for hydroxylation is 1. The van der Waals surface area contributed by atoms with Crippen molar-refractivity contribution in [2.75, 3.05) is 0 Å². The van der Waals surface area contributed by atoms with Gasteiger partial charge >= 0.3 is 6.09 Å². The van der Waals surface area contributed by atoms with Crippen molar-refractivity contribution in [1.82, 2.24) is 20.2 Å². The van der Waals surface area contributed by atoms with Gasteiger partial charge in [0.05, 0.1) is 11.7 Å². The third-order valence-electron chi connectivity index (χ3n) is 5.16. The molecule has 0 radical (unpaired) electrons. The van der Waals surface area contributed by atoms with E-state index in [1.165, 1.54) is 0 Å². The Bertz CT molecular complexity index is 1090. The van der Waals surface area contributed by atoms with Crippen LogP contribution in [0.15, 0.2) is 66.9 Å². The summed E-state index contributed by atoms with van der Waals surface area (Å²) < 4.78 is 7.36. The number of hydrogen-bond donors (Lipinski definition) is 2. The predicted octanol–water partition coefficient (Wildman–Crippen LogP) is 4.55. The van der Waals surface area contributed by atoms with Gasteiger partial charge in [0.25, 0.3) is 0 Å². The number of aromatic nitrogens is 2. The predicted molar refractivity (Wildman–Crippen MR) is 132 cm³/mol. The average Bonchev–Trinajstić information content (AvgIpc) is 3.13. The van der Waals surface area contributed by atoms with Gasteiger partial charge in [0.15, 0.2) is 0 Å². The van der Waals surface area contributed by atoms with E-state index in [-0.39, 0.29) is 11.9 Å². The summed E-state index contributed by atoms with van der Waals surface area (Å²) >= 11 is 0. The molecule has 0 aliphatic carbocycles. The van der Waals surface area contributed by atoms with Crippen LogP contribution >= 0.6 is 0 Å². The lowest BCUT2D eigenvalue weighted by atomic mass is 10.0. The number of carbonyl (C=O) groups excluding carboxylic acids is 2. The highest BCUT2D eigenvalue weighted by atomic mass is 16.6. The van der Waals surface area contributed by atoms with E-state index in [9.17, 15) is 9.59 Å². The number of nitrogens with zero attached hydrogens (tertiary/aromatic N) is 2. The fourth-order valence-electron chi connectivity index (χ4n) is 3.65. The van der Waals surface area contributed by atoms with Gasteiger partial charge in [0.2, 0.25) is 5.91 Å². The largest absolute Gasteiger partial charge is 0.444 e. The van der Waals surface area contributed by atoms with Crippen LogP contribution in [0.3, 0.4) is 0 Å². The summed E-state index contributed by atoms with van der Waals surface area (Å²) in [4.78, 5) is 30.0. The Kier molecular flexibility index (Phi) is 8.10. The Morgan fingerprint density at radius 2 is 1.56 bits per heavy atom. The molecule has 0 aliphatic rings. The van der Waals surface area contributed by atoms with Crippen molar-refractivity contribution >= 4 is 12.0 Å². The lowest BCUT2D eigenvalue weighted by Gasteiger charge is -2.24. The number of carbonyl (C=O) groups is 2. The molecule has 0 saturated carbocycles. The summed E-state index contributed by atoms with van der Waals surface area (Å²) in [5.74, 6) is 0.460. The monoisotopic (exact) mass is 462 g/mol. The topological polar surface area (TPSA) is 85.2 Å². The molecule has 34 heavy (non-hydrogen) atoms. The fraction of sp³-hybridized carbons (Fsp3) is 0.370. The molecule has 1 aromatic heterocycles. The van der Waals surface area contributed by atoms with E-state index in [0.29, 0.717) is 13.0 Å². The van der Waals surface area contributed by atoms with Crippen LogP contribution in [0.5, 0.6) is 0 Å². The Labute approximate surface area is 201 Å². The van der Waals surface area contributed by atoms with E-state index < -0.39 is 17.7 Å². The first kappa shape index (κ1) is 25.0. The van der Waals surface area contributed by atoms with E-state index in [0.717, 1.165) is 22.6 Å². The summed E-state index contributed by atoms with van der Waals surface area (Å²) in [5, 5.41) is 5.71. The van der Waals surface area contributed by atoms with Gasteiger partial charge in [-0.25, -0.2) is 9.78 Å². The minimum atomic E-state index is -0.772. The maximum absolute atomic E-state index is 13.1. The van der Waals surface area contributed by atoms with Crippen molar-refractivity contribution in [3.05, 3.63) is 89.5 Å². The van der Waals surface area contributed by atoms with Crippen molar-refractivity contribution in [3.63, 3.8) is 0 Å². The zero-order chi connectivity index (χ0) is 24.7. The first-order valence-electron chi connectivity index (χ1n) is 11.5. The van der Waals surface area contributed by atoms with Crippen LogP contribution in [0.2, 0.25) is 0 Å². The summed E-state index contributed by atoms with van der Waals surface area (Å²) in [7, 11) is 0. The molecule has 180 valence electrons. The van der Waals surface area contributed by atoms with E-state index in [2.05, 4.69) is 27.3 Å². The maximum Gasteiger partial charge on any atom is 0.408 e. The van der Waals surface area contributed by atoms with Crippen molar-refractivity contribution in [2.45, 2.75) is 65.3 Å². The first-order chi connectivity index (χ1) is 16.1. The minimum Gasteiger partial charge on any atom is -0.444 e. The van der Waals surface area contributed by atoms with Gasteiger partial charge in [-0.15, -0.1) is 0 Å². The van der Waals surface area contributed by atoms with E-state index in [4.69, 9.17) is 9.72 Å². The standard InChI is InChI=1S/C27H34N4O3/c1-19-17-31(18-22-14-10-7-11-15-22)24(28-19)23(16-21-12-8-6-9-13-21)30-25(32)20(2)29-26(33)34-27(3,4)5/h6-15,17,20,23H,16,18H2,1-5H3,(H,29,33)(H,30,32)/t20-,23-/m0/s1. The number of hydrogen-bond acceptors (Lipinski definition) is 4. The third-order valence-corrected chi connectivity index (χ3v) is 5.16. The van der Waals surface area contributed by atoms with Crippen LogP contribution in [-0.4, -0.2) is 33.2 Å². The Morgan fingerprint density at radius 1 is 0.971 bits per heavy atom. The summed E-state index contributed by atoms with van der Waals surface area (Å²) in [6.45, 7) is 9.57. The quantitative estimate of drug-likeness (QED) is 0.514. The molecule has 0 saturated heterocycles. The number of nitrogens with one attached hydrogen (secondary N) is 2. The van der Waals surface area contributed by atoms with Crippen molar-refractivity contribution in [3.8, 4) is 0 Å². The van der Waals surface area contributed by atoms with Gasteiger partial charge in [0.1, 0.15) is 17.5 Å². The van der Waals surface area contributed by atoms with Gasteiger partial charge in [-0.2, -0.15) is 0 Å². The molecule has 7 heteroatoms. The number of alkyl carbamates (subject to hydrolysis) is 1. The van der Waals surface area contributed by atoms with Gasteiger partial charge in [-0.3, -0.25) is 4.79 Å². The average molecular weight is 463 g/mol. The first-order valence-corrected chi connectivity index (χ1v) is 11.5. The van der Waals surface area contributed by atoms with Crippen LogP contribution in [0.25, 0.3) is 0 Å². The zero-order valence-corrected chi connectivity index (χ0v) is 20.5. The molecule has 3 aromatic rings. The number of imidazole rings is 1. The Balaban J connectivity index is 1.82. The van der Waals surface area contributed by atoms with Crippen molar-refractivity contribution in [2.24, 2.45) is 0 Å². The molecular formula is C27H34N4O3. The van der Waals surface area contributed by atoms with Gasteiger partial charge in [0, 0.05) is 12.7 Å². The summed E-state index contributed by atoms with van der Waals surface area (Å²) in [5.41, 5.74) is 2.45. The van der Waals surface area contributed by atoms with Crippen molar-refractivity contribution in [1.29, 1.82) is 0 Å². The second-order valence-corrected chi connectivity index (χ2v) is 9.47. The second-order valence-electron chi connectivity index (χ2n) is 9.47. The molecule has 2 aromatic carbocycles. The molecule has 0 bridgehead atoms. The molecule has 3 rings (SSSR count). The minimum absolute atomic E-state index is 0.307. The Morgan fingerprint density at radius 3 is 2.15 bits per heavy atom. The molecule has 2 N–H and O–H groups in total. The van der Waals surface area contributed by atoms with Crippen LogP contribution in [0.4, 0.5) is 4.79 Å². The third kappa shape index (κ3) is 7.47. The summed E-state index contributed by atoms with van der Waals surface area (Å²) in [6, 6.07) is 18.9. The summed E-state index contributed by atoms with van der Waals surface area (Å²) in [6.07, 6.45) is 1.93. The maximum atomic E-state index is 13.1. The molecule has 0 spiro atoms. The van der Waals surface area contributed by atoms with Crippen LogP contribution < -0.4 is 10.6 Å². The Hall–Kier alpha value is -3.61. The highest BCUT2D eigenvalue weighted by Gasteiger charge is 2.26. The molecule has 0 unspecified atom stereocenters. The number of amides is 2.